The van der Waals surface area contributed by atoms with Crippen LogP contribution in [0.15, 0.2) is 24.8 Å². The predicted molar refractivity (Wildman–Crippen MR) is 134 cm³/mol. The monoisotopic (exact) mass is 492 g/mol. The Morgan fingerprint density at radius 3 is 2.79 bits per heavy atom. The van der Waals surface area contributed by atoms with Crippen molar-refractivity contribution < 1.29 is 19.1 Å². The third-order valence-electron chi connectivity index (χ3n) is 6.40. The van der Waals surface area contributed by atoms with Gasteiger partial charge in [0.05, 0.1) is 35.6 Å². The molecule has 8 nitrogen and oxygen atoms in total. The Kier molecular flexibility index (Phi) is 10.0. The van der Waals surface area contributed by atoms with Crippen molar-refractivity contribution in [2.45, 2.75) is 38.7 Å². The van der Waals surface area contributed by atoms with Crippen LogP contribution in [0.2, 0.25) is 5.02 Å². The van der Waals surface area contributed by atoms with Crippen molar-refractivity contribution in [3.63, 3.8) is 0 Å². The van der Waals surface area contributed by atoms with Crippen molar-refractivity contribution >= 4 is 29.1 Å². The van der Waals surface area contributed by atoms with Crippen LogP contribution < -0.4 is 15.8 Å². The van der Waals surface area contributed by atoms with Crippen molar-refractivity contribution in [2.24, 2.45) is 5.92 Å². The Hall–Kier alpha value is -2.29. The number of nitrogen functional groups attached to an aromatic ring is 1. The Balaban J connectivity index is 1.45. The number of hydrogen-bond donors (Lipinski definition) is 2. The number of hydrogen-bond acceptors (Lipinski definition) is 6. The van der Waals surface area contributed by atoms with Gasteiger partial charge in [-0.25, -0.2) is 0 Å². The Morgan fingerprint density at radius 1 is 1.32 bits per heavy atom. The number of ether oxygens (including phenoxy) is 2. The number of carbonyl (C=O) groups is 2. The molecule has 2 saturated heterocycles. The summed E-state index contributed by atoms with van der Waals surface area (Å²) in [5, 5.41) is 3.27. The molecular formula is C25H37ClN4O4. The van der Waals surface area contributed by atoms with Gasteiger partial charge in [0.25, 0.3) is 5.91 Å². The second-order valence-electron chi connectivity index (χ2n) is 8.92. The Labute approximate surface area is 207 Å². The number of anilines is 1. The van der Waals surface area contributed by atoms with Gasteiger partial charge in [-0.1, -0.05) is 17.7 Å². The summed E-state index contributed by atoms with van der Waals surface area (Å²) < 4.78 is 11.5. The molecule has 34 heavy (non-hydrogen) atoms. The van der Waals surface area contributed by atoms with Gasteiger partial charge in [0, 0.05) is 51.8 Å². The number of morpholine rings is 1. The zero-order valence-electron chi connectivity index (χ0n) is 20.1. The topological polar surface area (TPSA) is 97.1 Å². The summed E-state index contributed by atoms with van der Waals surface area (Å²) in [5.41, 5.74) is 6.59. The van der Waals surface area contributed by atoms with E-state index >= 15 is 0 Å². The highest BCUT2D eigenvalue weighted by molar-refractivity contribution is 6.33. The van der Waals surface area contributed by atoms with E-state index in [4.69, 9.17) is 26.8 Å². The van der Waals surface area contributed by atoms with Crippen molar-refractivity contribution in [2.75, 3.05) is 58.2 Å². The summed E-state index contributed by atoms with van der Waals surface area (Å²) in [4.78, 5) is 29.4. The van der Waals surface area contributed by atoms with Crippen molar-refractivity contribution in [1.82, 2.24) is 15.1 Å². The van der Waals surface area contributed by atoms with Crippen LogP contribution in [0.3, 0.4) is 0 Å². The fraction of sp³-hybridized carbons (Fsp3) is 0.600. The molecular weight excluding hydrogens is 456 g/mol. The SMILES string of the molecule is C=CCCC(=O)N1CCC(CN2CCOC(CNC(=O)c3cc(Cl)c(N)cc3OCC)C2)CC1. The minimum atomic E-state index is -0.264. The molecule has 0 saturated carbocycles. The molecule has 3 N–H and O–H groups in total. The number of nitrogens with one attached hydrogen (secondary N) is 1. The van der Waals surface area contributed by atoms with E-state index < -0.39 is 0 Å². The zero-order valence-corrected chi connectivity index (χ0v) is 20.8. The van der Waals surface area contributed by atoms with Crippen molar-refractivity contribution in [3.05, 3.63) is 35.4 Å². The van der Waals surface area contributed by atoms with Crippen LogP contribution in [0.4, 0.5) is 5.69 Å². The molecule has 1 aromatic rings. The number of nitrogens with two attached hydrogens (primary N) is 1. The molecule has 0 spiro atoms. The smallest absolute Gasteiger partial charge is 0.255 e. The highest BCUT2D eigenvalue weighted by Gasteiger charge is 2.27. The summed E-state index contributed by atoms with van der Waals surface area (Å²) in [7, 11) is 0. The fourth-order valence-electron chi connectivity index (χ4n) is 4.51. The minimum Gasteiger partial charge on any atom is -0.493 e. The number of likely N-dealkylation sites (tertiary alicyclic amines) is 1. The van der Waals surface area contributed by atoms with Gasteiger partial charge >= 0.3 is 0 Å². The van der Waals surface area contributed by atoms with E-state index in [1.807, 2.05) is 11.8 Å². The molecule has 2 heterocycles. The molecule has 2 aliphatic heterocycles. The number of rotatable bonds is 10. The molecule has 188 valence electrons. The lowest BCUT2D eigenvalue weighted by Crippen LogP contribution is -2.50. The van der Waals surface area contributed by atoms with Gasteiger partial charge in [-0.15, -0.1) is 6.58 Å². The number of piperidine rings is 1. The number of carbonyl (C=O) groups excluding carboxylic acids is 2. The fourth-order valence-corrected chi connectivity index (χ4v) is 4.67. The second kappa shape index (κ2) is 13.0. The lowest BCUT2D eigenvalue weighted by atomic mass is 9.95. The normalized spacial score (nSPS) is 19.6. The maximum Gasteiger partial charge on any atom is 0.255 e. The summed E-state index contributed by atoms with van der Waals surface area (Å²) >= 11 is 6.12. The molecule has 2 fully saturated rings. The van der Waals surface area contributed by atoms with E-state index in [1.54, 1.807) is 18.2 Å². The standard InChI is InChI=1S/C25H37ClN4O4/c1-3-5-6-24(31)30-9-7-18(8-10-30)16-29-11-12-34-19(17-29)15-28-25(32)20-13-21(26)22(27)14-23(20)33-4-2/h3,13-14,18-19H,1,4-12,15-17,27H2,2H3,(H,28,32). The van der Waals surface area contributed by atoms with Gasteiger partial charge in [0.15, 0.2) is 0 Å². The van der Waals surface area contributed by atoms with Gasteiger partial charge in [-0.2, -0.15) is 0 Å². The van der Waals surface area contributed by atoms with Crippen LogP contribution in [-0.4, -0.2) is 80.2 Å². The van der Waals surface area contributed by atoms with Crippen molar-refractivity contribution in [1.29, 1.82) is 0 Å². The summed E-state index contributed by atoms with van der Waals surface area (Å²) in [6, 6.07) is 3.12. The molecule has 3 rings (SSSR count). The second-order valence-corrected chi connectivity index (χ2v) is 9.32. The Bertz CT molecular complexity index is 858. The lowest BCUT2D eigenvalue weighted by molar-refractivity contribution is -0.132. The first-order chi connectivity index (χ1) is 16.4. The first-order valence-corrected chi connectivity index (χ1v) is 12.5. The molecule has 1 unspecified atom stereocenters. The predicted octanol–water partition coefficient (Wildman–Crippen LogP) is 2.96. The third-order valence-corrected chi connectivity index (χ3v) is 6.73. The highest BCUT2D eigenvalue weighted by Crippen LogP contribution is 2.29. The molecule has 1 atom stereocenters. The van der Waals surface area contributed by atoms with Gasteiger partial charge < -0.3 is 25.4 Å². The maximum atomic E-state index is 12.8. The number of allylic oxidation sites excluding steroid dienone is 1. The van der Waals surface area contributed by atoms with Gasteiger partial charge in [-0.3, -0.25) is 14.5 Å². The zero-order chi connectivity index (χ0) is 24.5. The van der Waals surface area contributed by atoms with E-state index in [-0.39, 0.29) is 17.9 Å². The van der Waals surface area contributed by atoms with Crippen molar-refractivity contribution in [3.8, 4) is 5.75 Å². The first-order valence-electron chi connectivity index (χ1n) is 12.1. The number of benzene rings is 1. The van der Waals surface area contributed by atoms with Crippen LogP contribution in [0, 0.1) is 5.92 Å². The average molecular weight is 493 g/mol. The number of halogens is 1. The summed E-state index contributed by atoms with van der Waals surface area (Å²) in [6.07, 6.45) is 5.05. The molecule has 1 aromatic carbocycles. The van der Waals surface area contributed by atoms with Crippen LogP contribution in [0.5, 0.6) is 5.75 Å². The Morgan fingerprint density at radius 2 is 2.09 bits per heavy atom. The van der Waals surface area contributed by atoms with E-state index in [2.05, 4.69) is 16.8 Å². The lowest BCUT2D eigenvalue weighted by Gasteiger charge is -2.38. The average Bonchev–Trinajstić information content (AvgIpc) is 2.84. The van der Waals surface area contributed by atoms with Gasteiger partial charge in [0.1, 0.15) is 5.75 Å². The molecule has 0 radical (unpaired) electrons. The van der Waals surface area contributed by atoms with E-state index in [0.717, 1.165) is 52.0 Å². The molecule has 9 heteroatoms. The van der Waals surface area contributed by atoms with Crippen LogP contribution >= 0.6 is 11.6 Å². The first kappa shape index (κ1) is 26.3. The van der Waals surface area contributed by atoms with Crippen LogP contribution in [0.25, 0.3) is 0 Å². The molecule has 0 bridgehead atoms. The van der Waals surface area contributed by atoms with E-state index in [0.29, 0.717) is 54.1 Å². The summed E-state index contributed by atoms with van der Waals surface area (Å²) in [5.74, 6) is 0.958. The van der Waals surface area contributed by atoms with Crippen LogP contribution in [0.1, 0.15) is 43.0 Å². The minimum absolute atomic E-state index is 0.0851. The maximum absolute atomic E-state index is 12.8. The third kappa shape index (κ3) is 7.35. The molecule has 2 amide bonds. The molecule has 0 aliphatic carbocycles. The summed E-state index contributed by atoms with van der Waals surface area (Å²) in [6.45, 7) is 11.3. The van der Waals surface area contributed by atoms with E-state index in [1.165, 1.54) is 0 Å². The molecule has 0 aromatic heterocycles. The van der Waals surface area contributed by atoms with E-state index in [9.17, 15) is 9.59 Å². The van der Waals surface area contributed by atoms with Gasteiger partial charge in [-0.05, 0) is 38.2 Å². The number of amides is 2. The molecule has 2 aliphatic rings. The largest absolute Gasteiger partial charge is 0.493 e. The number of nitrogens with zero attached hydrogens (tertiary/aromatic N) is 2. The van der Waals surface area contributed by atoms with Gasteiger partial charge in [0.2, 0.25) is 5.91 Å². The van der Waals surface area contributed by atoms with Crippen LogP contribution in [-0.2, 0) is 9.53 Å². The quantitative estimate of drug-likeness (QED) is 0.385. The highest BCUT2D eigenvalue weighted by atomic mass is 35.5.